The van der Waals surface area contributed by atoms with Gasteiger partial charge in [-0.15, -0.1) is 11.3 Å². The predicted molar refractivity (Wildman–Crippen MR) is 86.9 cm³/mol. The van der Waals surface area contributed by atoms with Crippen molar-refractivity contribution in [2.45, 2.75) is 18.4 Å². The van der Waals surface area contributed by atoms with Crippen molar-refractivity contribution in [3.63, 3.8) is 0 Å². The Morgan fingerprint density at radius 3 is 2.75 bits per heavy atom. The van der Waals surface area contributed by atoms with Crippen molar-refractivity contribution in [3.05, 3.63) is 43.5 Å². The molecular formula is C12H12BrClN2O2S2. The van der Waals surface area contributed by atoms with E-state index in [1.54, 1.807) is 31.2 Å². The second kappa shape index (κ2) is 6.03. The Balaban J connectivity index is 2.40. The van der Waals surface area contributed by atoms with E-state index >= 15 is 0 Å². The van der Waals surface area contributed by atoms with Crippen LogP contribution in [0.1, 0.15) is 9.75 Å². The third-order valence-corrected chi connectivity index (χ3v) is 6.70. The molecule has 1 aromatic carbocycles. The number of anilines is 1. The lowest BCUT2D eigenvalue weighted by Gasteiger charge is -2.10. The molecular weight excluding hydrogens is 384 g/mol. The summed E-state index contributed by atoms with van der Waals surface area (Å²) in [5.41, 5.74) is 5.94. The fourth-order valence-electron chi connectivity index (χ4n) is 1.67. The van der Waals surface area contributed by atoms with E-state index in [9.17, 15) is 8.42 Å². The van der Waals surface area contributed by atoms with Crippen LogP contribution in [0.5, 0.6) is 0 Å². The van der Waals surface area contributed by atoms with Gasteiger partial charge in [0, 0.05) is 16.3 Å². The summed E-state index contributed by atoms with van der Waals surface area (Å²) < 4.78 is 27.9. The molecule has 1 aromatic heterocycles. The highest BCUT2D eigenvalue weighted by atomic mass is 79.9. The summed E-state index contributed by atoms with van der Waals surface area (Å²) in [4.78, 5) is 1.78. The summed E-state index contributed by atoms with van der Waals surface area (Å²) in [6, 6.07) is 6.59. The molecule has 2 rings (SSSR count). The van der Waals surface area contributed by atoms with Crippen molar-refractivity contribution < 1.29 is 8.42 Å². The molecule has 1 heterocycles. The molecule has 0 unspecified atom stereocenters. The number of nitrogens with one attached hydrogen (secondary N) is 1. The lowest BCUT2D eigenvalue weighted by atomic mass is 10.3. The first-order chi connectivity index (χ1) is 9.35. The molecule has 108 valence electrons. The zero-order chi connectivity index (χ0) is 14.9. The van der Waals surface area contributed by atoms with Crippen molar-refractivity contribution in [2.24, 2.45) is 5.73 Å². The largest absolute Gasteiger partial charge is 0.326 e. The van der Waals surface area contributed by atoms with Crippen LogP contribution in [0.2, 0.25) is 5.02 Å². The van der Waals surface area contributed by atoms with Crippen LogP contribution in [0.4, 0.5) is 5.69 Å². The first-order valence-corrected chi connectivity index (χ1v) is 9.08. The summed E-state index contributed by atoms with van der Waals surface area (Å²) in [5.74, 6) is 0. The van der Waals surface area contributed by atoms with Crippen molar-refractivity contribution in [1.82, 2.24) is 0 Å². The van der Waals surface area contributed by atoms with Crippen molar-refractivity contribution in [3.8, 4) is 0 Å². The van der Waals surface area contributed by atoms with Crippen LogP contribution < -0.4 is 10.5 Å². The van der Waals surface area contributed by atoms with E-state index in [-0.39, 0.29) is 4.90 Å². The zero-order valence-corrected chi connectivity index (χ0v) is 14.5. The van der Waals surface area contributed by atoms with Crippen LogP contribution in [0.15, 0.2) is 33.6 Å². The van der Waals surface area contributed by atoms with Crippen LogP contribution in [0.3, 0.4) is 0 Å². The van der Waals surface area contributed by atoms with Crippen molar-refractivity contribution in [1.29, 1.82) is 0 Å². The Hall–Kier alpha value is -0.600. The topological polar surface area (TPSA) is 72.2 Å². The molecule has 0 aliphatic heterocycles. The van der Waals surface area contributed by atoms with Gasteiger partial charge in [-0.3, -0.25) is 4.72 Å². The normalized spacial score (nSPS) is 11.6. The minimum absolute atomic E-state index is 0.245. The van der Waals surface area contributed by atoms with Gasteiger partial charge < -0.3 is 5.73 Å². The lowest BCUT2D eigenvalue weighted by molar-refractivity contribution is 0.601. The minimum atomic E-state index is -3.66. The SMILES string of the molecule is Cc1sc(CN)cc1S(=O)(=O)Nc1cccc(Cl)c1Br. The number of halogens is 2. The zero-order valence-electron chi connectivity index (χ0n) is 10.5. The monoisotopic (exact) mass is 394 g/mol. The van der Waals surface area contributed by atoms with E-state index in [1.165, 1.54) is 11.3 Å². The summed E-state index contributed by atoms with van der Waals surface area (Å²) in [7, 11) is -3.66. The first kappa shape index (κ1) is 15.8. The predicted octanol–water partition coefficient (Wildman–Crippen LogP) is 3.73. The summed E-state index contributed by atoms with van der Waals surface area (Å²) in [6.07, 6.45) is 0. The van der Waals surface area contributed by atoms with Crippen molar-refractivity contribution >= 4 is 54.6 Å². The first-order valence-electron chi connectivity index (χ1n) is 5.61. The molecule has 0 radical (unpaired) electrons. The molecule has 20 heavy (non-hydrogen) atoms. The van der Waals surface area contributed by atoms with Gasteiger partial charge in [0.2, 0.25) is 0 Å². The number of nitrogens with two attached hydrogens (primary N) is 1. The molecule has 0 saturated heterocycles. The molecule has 4 nitrogen and oxygen atoms in total. The molecule has 0 fully saturated rings. The molecule has 0 aliphatic rings. The summed E-state index contributed by atoms with van der Waals surface area (Å²) in [6.45, 7) is 2.08. The maximum atomic E-state index is 12.4. The fourth-order valence-corrected chi connectivity index (χ4v) is 4.93. The second-order valence-electron chi connectivity index (χ2n) is 4.04. The number of thiophene rings is 1. The quantitative estimate of drug-likeness (QED) is 0.828. The van der Waals surface area contributed by atoms with Crippen LogP contribution in [-0.4, -0.2) is 8.42 Å². The molecule has 0 atom stereocenters. The van der Waals surface area contributed by atoms with E-state index in [2.05, 4.69) is 20.7 Å². The molecule has 3 N–H and O–H groups in total. The Morgan fingerprint density at radius 1 is 1.45 bits per heavy atom. The number of benzene rings is 1. The second-order valence-corrected chi connectivity index (χ2v) is 8.24. The average Bonchev–Trinajstić information content (AvgIpc) is 2.77. The van der Waals surface area contributed by atoms with Crippen LogP contribution in [-0.2, 0) is 16.6 Å². The number of hydrogen-bond acceptors (Lipinski definition) is 4. The van der Waals surface area contributed by atoms with Gasteiger partial charge in [-0.05, 0) is 41.1 Å². The molecule has 2 aromatic rings. The van der Waals surface area contributed by atoms with Crippen LogP contribution in [0.25, 0.3) is 0 Å². The lowest BCUT2D eigenvalue weighted by Crippen LogP contribution is -2.13. The highest BCUT2D eigenvalue weighted by molar-refractivity contribution is 9.10. The molecule has 0 amide bonds. The summed E-state index contributed by atoms with van der Waals surface area (Å²) in [5, 5.41) is 0.440. The molecule has 0 bridgehead atoms. The highest BCUT2D eigenvalue weighted by Gasteiger charge is 2.21. The van der Waals surface area contributed by atoms with E-state index in [0.717, 1.165) is 4.88 Å². The molecule has 0 spiro atoms. The maximum Gasteiger partial charge on any atom is 0.263 e. The number of hydrogen-bond donors (Lipinski definition) is 2. The average molecular weight is 396 g/mol. The third-order valence-electron chi connectivity index (χ3n) is 2.61. The Labute approximate surface area is 135 Å². The molecule has 8 heteroatoms. The smallest absolute Gasteiger partial charge is 0.263 e. The number of sulfonamides is 1. The number of rotatable bonds is 4. The third kappa shape index (κ3) is 3.17. The minimum Gasteiger partial charge on any atom is -0.326 e. The standard InChI is InChI=1S/C12H12BrClN2O2S2/c1-7-11(5-8(6-15)19-7)20(17,18)16-10-4-2-3-9(14)12(10)13/h2-5,16H,6,15H2,1H3. The van der Waals surface area contributed by atoms with E-state index < -0.39 is 10.0 Å². The number of aryl methyl sites for hydroxylation is 1. The van der Waals surface area contributed by atoms with Crippen molar-refractivity contribution in [2.75, 3.05) is 4.72 Å². The Bertz CT molecular complexity index is 744. The highest BCUT2D eigenvalue weighted by Crippen LogP contribution is 2.33. The van der Waals surface area contributed by atoms with Gasteiger partial charge in [-0.25, -0.2) is 8.42 Å². The van der Waals surface area contributed by atoms with Crippen LogP contribution >= 0.6 is 38.9 Å². The summed E-state index contributed by atoms with van der Waals surface area (Å²) >= 11 is 10.6. The fraction of sp³-hybridized carbons (Fsp3) is 0.167. The molecule has 0 aliphatic carbocycles. The van der Waals surface area contributed by atoms with E-state index in [0.29, 0.717) is 26.6 Å². The van der Waals surface area contributed by atoms with Gasteiger partial charge in [0.15, 0.2) is 0 Å². The van der Waals surface area contributed by atoms with Gasteiger partial charge in [0.05, 0.1) is 15.2 Å². The van der Waals surface area contributed by atoms with Crippen LogP contribution in [0, 0.1) is 6.92 Å². The molecule has 0 saturated carbocycles. The maximum absolute atomic E-state index is 12.4. The Kier molecular flexibility index (Phi) is 4.76. The van der Waals surface area contributed by atoms with Gasteiger partial charge in [0.1, 0.15) is 4.90 Å². The van der Waals surface area contributed by atoms with Gasteiger partial charge in [0.25, 0.3) is 10.0 Å². The van der Waals surface area contributed by atoms with Gasteiger partial charge in [-0.1, -0.05) is 17.7 Å². The Morgan fingerprint density at radius 2 is 2.15 bits per heavy atom. The van der Waals surface area contributed by atoms with Gasteiger partial charge >= 0.3 is 0 Å². The van der Waals surface area contributed by atoms with Gasteiger partial charge in [-0.2, -0.15) is 0 Å². The van der Waals surface area contributed by atoms with E-state index in [1.807, 2.05) is 0 Å². The van der Waals surface area contributed by atoms with E-state index in [4.69, 9.17) is 17.3 Å².